The van der Waals surface area contributed by atoms with Crippen LogP contribution >= 0.6 is 0 Å². The summed E-state index contributed by atoms with van der Waals surface area (Å²) in [6, 6.07) is 7.45. The number of hydrogen-bond acceptors (Lipinski definition) is 4. The molecule has 0 aliphatic heterocycles. The largest absolute Gasteiger partial charge is 0.335 e. The van der Waals surface area contributed by atoms with Crippen LogP contribution in [-0.2, 0) is 4.79 Å². The van der Waals surface area contributed by atoms with Crippen molar-refractivity contribution in [2.75, 3.05) is 0 Å². The summed E-state index contributed by atoms with van der Waals surface area (Å²) < 4.78 is 0. The zero-order chi connectivity index (χ0) is 19.2. The molecule has 27 heavy (non-hydrogen) atoms. The van der Waals surface area contributed by atoms with Gasteiger partial charge in [0.15, 0.2) is 0 Å². The second-order valence-electron chi connectivity index (χ2n) is 7.41. The highest BCUT2D eigenvalue weighted by Crippen LogP contribution is 2.13. The lowest BCUT2D eigenvalue weighted by Crippen LogP contribution is -2.20. The fourth-order valence-corrected chi connectivity index (χ4v) is 3.34. The van der Waals surface area contributed by atoms with Crippen LogP contribution in [-0.4, -0.2) is 21.1 Å². The zero-order valence-electron chi connectivity index (χ0n) is 16.9. The van der Waals surface area contributed by atoms with E-state index in [1.165, 1.54) is 75.5 Å². The number of carbonyl (C=O) groups excluding carboxylic acids is 1. The maximum atomic E-state index is 11.9. The summed E-state index contributed by atoms with van der Waals surface area (Å²) in [5.41, 5.74) is 1.45. The maximum absolute atomic E-state index is 11.9. The standard InChI is InChI=1S/C22H35N3O2/c1-2-3-4-5-6-7-8-9-10-11-12-13-14-19-22(26)27-25-21-18-16-15-17-20(21)23-24-25/h15-18H,2-14,19H2,1H3. The molecule has 0 bridgehead atoms. The predicted molar refractivity (Wildman–Crippen MR) is 109 cm³/mol. The number of hydrogen-bond donors (Lipinski definition) is 0. The van der Waals surface area contributed by atoms with Gasteiger partial charge in [0.25, 0.3) is 0 Å². The van der Waals surface area contributed by atoms with E-state index in [9.17, 15) is 4.79 Å². The Balaban J connectivity index is 1.42. The smallest absolute Gasteiger partial charge is 0.317 e. The van der Waals surface area contributed by atoms with Crippen molar-refractivity contribution in [1.82, 2.24) is 15.2 Å². The molecule has 0 N–H and O–H groups in total. The highest BCUT2D eigenvalue weighted by atomic mass is 16.7. The molecule has 0 saturated heterocycles. The lowest BCUT2D eigenvalue weighted by atomic mass is 10.0. The molecule has 0 spiro atoms. The molecule has 150 valence electrons. The highest BCUT2D eigenvalue weighted by molar-refractivity contribution is 5.75. The minimum absolute atomic E-state index is 0.242. The molecule has 0 radical (unpaired) electrons. The van der Waals surface area contributed by atoms with E-state index in [1.54, 1.807) is 0 Å². The molecule has 2 rings (SSSR count). The van der Waals surface area contributed by atoms with Gasteiger partial charge >= 0.3 is 5.97 Å². The number of para-hydroxylation sites is 1. The number of rotatable bonds is 15. The van der Waals surface area contributed by atoms with Crippen molar-refractivity contribution in [2.45, 2.75) is 96.8 Å². The van der Waals surface area contributed by atoms with Crippen molar-refractivity contribution < 1.29 is 9.63 Å². The van der Waals surface area contributed by atoms with E-state index in [4.69, 9.17) is 4.84 Å². The molecular formula is C22H35N3O2. The van der Waals surface area contributed by atoms with Gasteiger partial charge in [-0.3, -0.25) is 0 Å². The van der Waals surface area contributed by atoms with E-state index in [1.807, 2.05) is 24.3 Å². The van der Waals surface area contributed by atoms with Gasteiger partial charge in [-0.25, -0.2) is 4.79 Å². The van der Waals surface area contributed by atoms with E-state index < -0.39 is 0 Å². The van der Waals surface area contributed by atoms with Crippen LogP contribution in [0.15, 0.2) is 24.3 Å². The number of unbranched alkanes of at least 4 members (excludes halogenated alkanes) is 12. The molecule has 5 nitrogen and oxygen atoms in total. The van der Waals surface area contributed by atoms with E-state index in [-0.39, 0.29) is 5.97 Å². The third-order valence-electron chi connectivity index (χ3n) is 4.99. The Morgan fingerprint density at radius 3 is 2.04 bits per heavy atom. The number of carbonyl (C=O) groups is 1. The third-order valence-corrected chi connectivity index (χ3v) is 4.99. The lowest BCUT2D eigenvalue weighted by molar-refractivity contribution is -0.145. The van der Waals surface area contributed by atoms with Crippen LogP contribution in [0.5, 0.6) is 0 Å². The molecule has 0 aliphatic carbocycles. The van der Waals surface area contributed by atoms with Gasteiger partial charge in [0.05, 0.1) is 0 Å². The summed E-state index contributed by atoms with van der Waals surface area (Å²) >= 11 is 0. The Morgan fingerprint density at radius 1 is 0.852 bits per heavy atom. The number of fused-ring (bicyclic) bond motifs is 1. The van der Waals surface area contributed by atoms with Gasteiger partial charge < -0.3 is 4.84 Å². The molecule has 1 aromatic heterocycles. The first-order valence-corrected chi connectivity index (χ1v) is 10.8. The van der Waals surface area contributed by atoms with Crippen LogP contribution < -0.4 is 4.84 Å². The number of benzene rings is 1. The topological polar surface area (TPSA) is 57.0 Å². The number of aromatic nitrogens is 3. The molecule has 5 heteroatoms. The van der Waals surface area contributed by atoms with Crippen molar-refractivity contribution >= 4 is 17.0 Å². The van der Waals surface area contributed by atoms with Gasteiger partial charge in [-0.05, 0) is 23.8 Å². The van der Waals surface area contributed by atoms with E-state index in [2.05, 4.69) is 17.2 Å². The van der Waals surface area contributed by atoms with Crippen LogP contribution in [0.3, 0.4) is 0 Å². The molecule has 0 unspecified atom stereocenters. The fraction of sp³-hybridized carbons (Fsp3) is 0.682. The lowest BCUT2D eigenvalue weighted by Gasteiger charge is -2.04. The van der Waals surface area contributed by atoms with Gasteiger partial charge in [-0.1, -0.05) is 101 Å². The molecule has 2 aromatic rings. The number of nitrogens with zero attached hydrogens (tertiary/aromatic N) is 3. The van der Waals surface area contributed by atoms with E-state index in [0.717, 1.165) is 23.9 Å². The normalized spacial score (nSPS) is 11.1. The molecule has 0 fully saturated rings. The van der Waals surface area contributed by atoms with Gasteiger partial charge in [0, 0.05) is 6.42 Å². The predicted octanol–water partition coefficient (Wildman–Crippen LogP) is 5.87. The molecule has 0 aliphatic rings. The minimum atomic E-state index is -0.242. The maximum Gasteiger partial charge on any atom is 0.335 e. The van der Waals surface area contributed by atoms with Crippen molar-refractivity contribution in [3.63, 3.8) is 0 Å². The van der Waals surface area contributed by atoms with Gasteiger partial charge in [-0.2, -0.15) is 0 Å². The van der Waals surface area contributed by atoms with Crippen molar-refractivity contribution in [1.29, 1.82) is 0 Å². The fourth-order valence-electron chi connectivity index (χ4n) is 3.34. The van der Waals surface area contributed by atoms with Gasteiger partial charge in [0.2, 0.25) is 0 Å². The zero-order valence-corrected chi connectivity index (χ0v) is 16.9. The van der Waals surface area contributed by atoms with Crippen LogP contribution in [0.4, 0.5) is 0 Å². The second kappa shape index (κ2) is 13.3. The van der Waals surface area contributed by atoms with Crippen LogP contribution in [0, 0.1) is 0 Å². The molecular weight excluding hydrogens is 338 g/mol. The van der Waals surface area contributed by atoms with Crippen molar-refractivity contribution in [3.05, 3.63) is 24.3 Å². The molecule has 1 aromatic carbocycles. The highest BCUT2D eigenvalue weighted by Gasteiger charge is 2.09. The Morgan fingerprint density at radius 2 is 1.41 bits per heavy atom. The monoisotopic (exact) mass is 373 g/mol. The minimum Gasteiger partial charge on any atom is -0.317 e. The summed E-state index contributed by atoms with van der Waals surface area (Å²) in [7, 11) is 0. The first-order chi connectivity index (χ1) is 13.3. The summed E-state index contributed by atoms with van der Waals surface area (Å²) in [4.78, 5) is 18.4. The van der Waals surface area contributed by atoms with Crippen molar-refractivity contribution in [2.24, 2.45) is 0 Å². The Kier molecular flexibility index (Phi) is 10.5. The first-order valence-electron chi connectivity index (χ1n) is 10.8. The quantitative estimate of drug-likeness (QED) is 0.289. The van der Waals surface area contributed by atoms with Crippen molar-refractivity contribution in [3.8, 4) is 0 Å². The van der Waals surface area contributed by atoms with E-state index in [0.29, 0.717) is 6.42 Å². The van der Waals surface area contributed by atoms with E-state index >= 15 is 0 Å². The van der Waals surface area contributed by atoms with Crippen LogP contribution in [0.25, 0.3) is 11.0 Å². The molecule has 0 saturated carbocycles. The second-order valence-corrected chi connectivity index (χ2v) is 7.41. The average Bonchev–Trinajstić information content (AvgIpc) is 3.08. The van der Waals surface area contributed by atoms with Gasteiger partial charge in [0.1, 0.15) is 11.0 Å². The summed E-state index contributed by atoms with van der Waals surface area (Å²) in [5, 5.41) is 7.85. The Labute approximate surface area is 163 Å². The van der Waals surface area contributed by atoms with Crippen LogP contribution in [0.1, 0.15) is 96.8 Å². The average molecular weight is 374 g/mol. The summed E-state index contributed by atoms with van der Waals surface area (Å²) in [6.07, 6.45) is 17.3. The molecule has 1 heterocycles. The van der Waals surface area contributed by atoms with Crippen LogP contribution in [0.2, 0.25) is 0 Å². The Hall–Kier alpha value is -1.91. The SMILES string of the molecule is CCCCCCCCCCCCCCCC(=O)On1nnc2ccccc21. The summed E-state index contributed by atoms with van der Waals surface area (Å²) in [5.74, 6) is -0.242. The van der Waals surface area contributed by atoms with Gasteiger partial charge in [-0.15, -0.1) is 5.10 Å². The first kappa shape index (κ1) is 21.4. The Bertz CT molecular complexity index is 654. The summed E-state index contributed by atoms with van der Waals surface area (Å²) in [6.45, 7) is 2.27. The molecule has 0 atom stereocenters. The third kappa shape index (κ3) is 8.55. The molecule has 0 amide bonds.